The van der Waals surface area contributed by atoms with Gasteiger partial charge in [-0.1, -0.05) is 54.6 Å². The Morgan fingerprint density at radius 2 is 1.81 bits per heavy atom. The third-order valence-electron chi connectivity index (χ3n) is 6.46. The molecule has 1 aliphatic rings. The minimum atomic E-state index is 0.301. The molecule has 1 atom stereocenters. The number of nitrogens with zero attached hydrogens (tertiary/aromatic N) is 5. The number of fused-ring (bicyclic) bond motifs is 3. The van der Waals surface area contributed by atoms with Crippen molar-refractivity contribution >= 4 is 34.7 Å². The number of nitriles is 1. The van der Waals surface area contributed by atoms with E-state index in [0.717, 1.165) is 58.6 Å². The molecule has 32 heavy (non-hydrogen) atoms. The highest BCUT2D eigenvalue weighted by Crippen LogP contribution is 2.37. The highest BCUT2D eigenvalue weighted by Gasteiger charge is 2.31. The lowest BCUT2D eigenvalue weighted by molar-refractivity contribution is 0.300. The number of benzene rings is 2. The molecule has 1 fully saturated rings. The van der Waals surface area contributed by atoms with Crippen LogP contribution in [0.4, 0.5) is 5.82 Å². The van der Waals surface area contributed by atoms with Crippen LogP contribution >= 0.6 is 0 Å². The van der Waals surface area contributed by atoms with E-state index in [1.165, 1.54) is 0 Å². The second kappa shape index (κ2) is 8.14. The minimum absolute atomic E-state index is 0.301. The molecule has 0 bridgehead atoms. The molecule has 3 heterocycles. The SMILES string of the molecule is Cc1c(C=Cc2ccccc2)c(N2CCCC2N(C)C)n2c(nc3ccccc32)c1C#N. The molecule has 1 aliphatic heterocycles. The van der Waals surface area contributed by atoms with E-state index in [1.54, 1.807) is 0 Å². The van der Waals surface area contributed by atoms with Crippen molar-refractivity contribution in [1.29, 1.82) is 5.26 Å². The van der Waals surface area contributed by atoms with Crippen LogP contribution in [0.15, 0.2) is 54.6 Å². The zero-order valence-electron chi connectivity index (χ0n) is 18.8. The van der Waals surface area contributed by atoms with Crippen molar-refractivity contribution in [2.24, 2.45) is 0 Å². The molecule has 5 heteroatoms. The van der Waals surface area contributed by atoms with E-state index in [1.807, 2.05) is 43.3 Å². The van der Waals surface area contributed by atoms with E-state index in [9.17, 15) is 5.26 Å². The van der Waals surface area contributed by atoms with E-state index in [4.69, 9.17) is 4.98 Å². The second-order valence-corrected chi connectivity index (χ2v) is 8.63. The van der Waals surface area contributed by atoms with Crippen molar-refractivity contribution in [2.75, 3.05) is 25.5 Å². The van der Waals surface area contributed by atoms with E-state index in [2.05, 4.69) is 64.7 Å². The van der Waals surface area contributed by atoms with Crippen LogP contribution in [0.25, 0.3) is 28.8 Å². The first-order valence-electron chi connectivity index (χ1n) is 11.1. The van der Waals surface area contributed by atoms with Gasteiger partial charge in [0.05, 0.1) is 22.8 Å². The summed E-state index contributed by atoms with van der Waals surface area (Å²) in [5.41, 5.74) is 6.51. The third kappa shape index (κ3) is 3.24. The molecular weight excluding hydrogens is 394 g/mol. The molecular formula is C27H27N5. The van der Waals surface area contributed by atoms with Gasteiger partial charge in [0.15, 0.2) is 5.65 Å². The van der Waals surface area contributed by atoms with Crippen LogP contribution in [0.1, 0.15) is 35.1 Å². The summed E-state index contributed by atoms with van der Waals surface area (Å²) < 4.78 is 2.20. The van der Waals surface area contributed by atoms with Crippen LogP contribution in [0.3, 0.4) is 0 Å². The highest BCUT2D eigenvalue weighted by atomic mass is 15.4. The number of hydrogen-bond acceptors (Lipinski definition) is 4. The number of para-hydroxylation sites is 2. The van der Waals surface area contributed by atoms with Gasteiger partial charge in [0, 0.05) is 12.1 Å². The molecule has 5 rings (SSSR count). The fourth-order valence-corrected chi connectivity index (χ4v) is 4.89. The first kappa shape index (κ1) is 20.3. The Morgan fingerprint density at radius 1 is 1.06 bits per heavy atom. The van der Waals surface area contributed by atoms with Crippen LogP contribution in [0, 0.1) is 18.3 Å². The Kier molecular flexibility index (Phi) is 5.16. The van der Waals surface area contributed by atoms with Crippen LogP contribution < -0.4 is 4.90 Å². The topological polar surface area (TPSA) is 47.6 Å². The molecule has 4 aromatic rings. The summed E-state index contributed by atoms with van der Waals surface area (Å²) in [5, 5.41) is 10.1. The minimum Gasteiger partial charge on any atom is -0.341 e. The molecule has 0 aliphatic carbocycles. The van der Waals surface area contributed by atoms with Crippen molar-refractivity contribution in [3.05, 3.63) is 76.9 Å². The van der Waals surface area contributed by atoms with Crippen LogP contribution in [-0.2, 0) is 0 Å². The number of imidazole rings is 1. The van der Waals surface area contributed by atoms with Gasteiger partial charge in [-0.3, -0.25) is 9.30 Å². The molecule has 0 spiro atoms. The Bertz CT molecular complexity index is 1360. The largest absolute Gasteiger partial charge is 0.341 e. The van der Waals surface area contributed by atoms with Gasteiger partial charge in [-0.25, -0.2) is 4.98 Å². The highest BCUT2D eigenvalue weighted by molar-refractivity contribution is 5.90. The molecule has 1 saturated heterocycles. The molecule has 0 N–H and O–H groups in total. The van der Waals surface area contributed by atoms with Gasteiger partial charge in [-0.2, -0.15) is 5.26 Å². The van der Waals surface area contributed by atoms with Gasteiger partial charge in [-0.05, 0) is 57.1 Å². The summed E-state index contributed by atoms with van der Waals surface area (Å²) in [7, 11) is 4.28. The second-order valence-electron chi connectivity index (χ2n) is 8.63. The van der Waals surface area contributed by atoms with Crippen LogP contribution in [0.5, 0.6) is 0 Å². The summed E-state index contributed by atoms with van der Waals surface area (Å²) in [6, 6.07) is 20.9. The van der Waals surface area contributed by atoms with Gasteiger partial charge in [0.25, 0.3) is 0 Å². The first-order valence-corrected chi connectivity index (χ1v) is 11.1. The van der Waals surface area contributed by atoms with Gasteiger partial charge in [0.2, 0.25) is 0 Å². The molecule has 2 aromatic carbocycles. The summed E-state index contributed by atoms with van der Waals surface area (Å²) in [4.78, 5) is 9.66. The fourth-order valence-electron chi connectivity index (χ4n) is 4.89. The number of aromatic nitrogens is 2. The number of anilines is 1. The summed E-state index contributed by atoms with van der Waals surface area (Å²) in [5.74, 6) is 1.12. The van der Waals surface area contributed by atoms with E-state index < -0.39 is 0 Å². The number of pyridine rings is 1. The lowest BCUT2D eigenvalue weighted by Crippen LogP contribution is -2.41. The predicted octanol–water partition coefficient (Wildman–Crippen LogP) is 5.33. The van der Waals surface area contributed by atoms with Crippen molar-refractivity contribution in [2.45, 2.75) is 25.9 Å². The van der Waals surface area contributed by atoms with E-state index in [-0.39, 0.29) is 0 Å². The van der Waals surface area contributed by atoms with Gasteiger partial charge in [-0.15, -0.1) is 0 Å². The van der Waals surface area contributed by atoms with Gasteiger partial charge < -0.3 is 4.90 Å². The zero-order chi connectivity index (χ0) is 22.2. The maximum Gasteiger partial charge on any atom is 0.157 e. The van der Waals surface area contributed by atoms with Gasteiger partial charge in [0.1, 0.15) is 11.9 Å². The molecule has 0 amide bonds. The Morgan fingerprint density at radius 3 is 2.56 bits per heavy atom. The Balaban J connectivity index is 1.86. The molecule has 0 radical (unpaired) electrons. The molecule has 5 nitrogen and oxygen atoms in total. The average molecular weight is 422 g/mol. The Hall–Kier alpha value is -3.62. The zero-order valence-corrected chi connectivity index (χ0v) is 18.8. The maximum absolute atomic E-state index is 10.1. The standard InChI is InChI=1S/C27H27N5/c1-19-21(16-15-20-10-5-4-6-11-20)27(31-17-9-14-25(31)30(2)3)32-24-13-8-7-12-23(24)29-26(32)22(19)18-28/h4-8,10-13,15-16,25H,9,14,17H2,1-3H3. The van der Waals surface area contributed by atoms with Crippen molar-refractivity contribution in [3.63, 3.8) is 0 Å². The monoisotopic (exact) mass is 421 g/mol. The fraction of sp³-hybridized carbons (Fsp3) is 0.259. The molecule has 0 saturated carbocycles. The molecule has 2 aromatic heterocycles. The van der Waals surface area contributed by atoms with Crippen molar-refractivity contribution in [3.8, 4) is 6.07 Å². The summed E-state index contributed by atoms with van der Waals surface area (Å²) in [6.07, 6.45) is 6.86. The van der Waals surface area contributed by atoms with Crippen molar-refractivity contribution < 1.29 is 0 Å². The van der Waals surface area contributed by atoms with Crippen LogP contribution in [-0.4, -0.2) is 41.1 Å². The predicted molar refractivity (Wildman–Crippen MR) is 132 cm³/mol. The normalized spacial score (nSPS) is 16.6. The summed E-state index contributed by atoms with van der Waals surface area (Å²) >= 11 is 0. The first-order chi connectivity index (χ1) is 15.6. The number of hydrogen-bond donors (Lipinski definition) is 0. The van der Waals surface area contributed by atoms with Crippen LogP contribution in [0.2, 0.25) is 0 Å². The third-order valence-corrected chi connectivity index (χ3v) is 6.46. The van der Waals surface area contributed by atoms with Crippen molar-refractivity contribution in [1.82, 2.24) is 14.3 Å². The Labute approximate surface area is 188 Å². The maximum atomic E-state index is 10.1. The quantitative estimate of drug-likeness (QED) is 0.447. The summed E-state index contributed by atoms with van der Waals surface area (Å²) in [6.45, 7) is 3.02. The van der Waals surface area contributed by atoms with E-state index in [0.29, 0.717) is 11.7 Å². The lowest BCUT2D eigenvalue weighted by Gasteiger charge is -2.34. The number of rotatable bonds is 4. The lowest BCUT2D eigenvalue weighted by atomic mass is 10.0. The molecule has 160 valence electrons. The van der Waals surface area contributed by atoms with Gasteiger partial charge >= 0.3 is 0 Å². The average Bonchev–Trinajstić information content (AvgIpc) is 3.43. The molecule has 1 unspecified atom stereocenters. The smallest absolute Gasteiger partial charge is 0.157 e. The van der Waals surface area contributed by atoms with E-state index >= 15 is 0 Å².